The first-order valence-electron chi connectivity index (χ1n) is 7.11. The monoisotopic (exact) mass is 334 g/mol. The minimum Gasteiger partial charge on any atom is -0.352 e. The van der Waals surface area contributed by atoms with Crippen LogP contribution in [0.25, 0.3) is 0 Å². The van der Waals surface area contributed by atoms with E-state index in [-0.39, 0.29) is 17.8 Å². The van der Waals surface area contributed by atoms with Crippen LogP contribution in [0.15, 0.2) is 47.5 Å². The van der Waals surface area contributed by atoms with Gasteiger partial charge in [0.2, 0.25) is 0 Å². The number of aliphatic imine (C=N–C) groups is 1. The summed E-state index contributed by atoms with van der Waals surface area (Å²) in [7, 11) is 1.55. The number of guanidine groups is 1. The van der Waals surface area contributed by atoms with E-state index in [2.05, 4.69) is 15.6 Å². The molecule has 0 spiro atoms. The van der Waals surface area contributed by atoms with E-state index in [4.69, 9.17) is 0 Å². The van der Waals surface area contributed by atoms with E-state index in [1.807, 2.05) is 0 Å². The SMILES string of the molecule is CN=C(NCc1ccc([N+](=O)[O-])cc1)NCc1cc(F)ccc1F. The van der Waals surface area contributed by atoms with Crippen LogP contribution in [0.5, 0.6) is 0 Å². The van der Waals surface area contributed by atoms with Crippen LogP contribution >= 0.6 is 0 Å². The zero-order valence-corrected chi connectivity index (χ0v) is 12.9. The number of halogens is 2. The molecule has 2 N–H and O–H groups in total. The van der Waals surface area contributed by atoms with Gasteiger partial charge in [0.1, 0.15) is 11.6 Å². The fourth-order valence-corrected chi connectivity index (χ4v) is 2.00. The van der Waals surface area contributed by atoms with E-state index in [0.717, 1.165) is 23.8 Å². The van der Waals surface area contributed by atoms with Crippen LogP contribution < -0.4 is 10.6 Å². The maximum atomic E-state index is 13.6. The Labute approximate surface area is 137 Å². The number of nitro groups is 1. The molecule has 0 fully saturated rings. The number of hydrogen-bond acceptors (Lipinski definition) is 3. The van der Waals surface area contributed by atoms with Crippen molar-refractivity contribution in [1.82, 2.24) is 10.6 Å². The van der Waals surface area contributed by atoms with Gasteiger partial charge in [-0.15, -0.1) is 0 Å². The summed E-state index contributed by atoms with van der Waals surface area (Å²) in [5.74, 6) is -0.617. The summed E-state index contributed by atoms with van der Waals surface area (Å²) in [6, 6.07) is 9.33. The van der Waals surface area contributed by atoms with E-state index in [9.17, 15) is 18.9 Å². The molecule has 0 aliphatic carbocycles. The van der Waals surface area contributed by atoms with E-state index < -0.39 is 16.6 Å². The van der Waals surface area contributed by atoms with Gasteiger partial charge in [-0.1, -0.05) is 12.1 Å². The second-order valence-electron chi connectivity index (χ2n) is 4.94. The van der Waals surface area contributed by atoms with Crippen LogP contribution in [0.1, 0.15) is 11.1 Å². The number of rotatable bonds is 5. The average Bonchev–Trinajstić information content (AvgIpc) is 2.58. The summed E-state index contributed by atoms with van der Waals surface area (Å²) in [5.41, 5.74) is 1.02. The van der Waals surface area contributed by atoms with Crippen LogP contribution in [-0.2, 0) is 13.1 Å². The van der Waals surface area contributed by atoms with Crippen LogP contribution in [-0.4, -0.2) is 17.9 Å². The smallest absolute Gasteiger partial charge is 0.269 e. The van der Waals surface area contributed by atoms with Gasteiger partial charge in [0.05, 0.1) is 4.92 Å². The standard InChI is InChI=1S/C16H16F2N4O2/c1-19-16(21-10-12-8-13(17)4-7-15(12)18)20-9-11-2-5-14(6-3-11)22(23)24/h2-8H,9-10H2,1H3,(H2,19,20,21). The van der Waals surface area contributed by atoms with E-state index in [1.54, 1.807) is 19.2 Å². The number of nitrogens with zero attached hydrogens (tertiary/aromatic N) is 2. The largest absolute Gasteiger partial charge is 0.352 e. The second kappa shape index (κ2) is 8.00. The molecule has 0 saturated carbocycles. The fraction of sp³-hybridized carbons (Fsp3) is 0.188. The maximum absolute atomic E-state index is 13.6. The third-order valence-corrected chi connectivity index (χ3v) is 3.28. The van der Waals surface area contributed by atoms with Crippen LogP contribution in [0.3, 0.4) is 0 Å². The highest BCUT2D eigenvalue weighted by Crippen LogP contribution is 2.12. The van der Waals surface area contributed by atoms with Crippen molar-refractivity contribution in [2.45, 2.75) is 13.1 Å². The van der Waals surface area contributed by atoms with Crippen LogP contribution in [0, 0.1) is 21.7 Å². The summed E-state index contributed by atoms with van der Waals surface area (Å²) >= 11 is 0. The summed E-state index contributed by atoms with van der Waals surface area (Å²) in [6.45, 7) is 0.451. The summed E-state index contributed by atoms with van der Waals surface area (Å²) in [6.07, 6.45) is 0. The Balaban J connectivity index is 1.90. The molecule has 0 unspecified atom stereocenters. The molecule has 0 aromatic heterocycles. The Bertz CT molecular complexity index is 748. The van der Waals surface area contributed by atoms with Crippen molar-refractivity contribution >= 4 is 11.6 Å². The molecule has 0 saturated heterocycles. The Kier molecular flexibility index (Phi) is 5.78. The molecule has 2 aromatic carbocycles. The Hall–Kier alpha value is -3.03. The first-order valence-corrected chi connectivity index (χ1v) is 7.11. The lowest BCUT2D eigenvalue weighted by Crippen LogP contribution is -2.36. The van der Waals surface area contributed by atoms with Gasteiger partial charge in [-0.25, -0.2) is 8.78 Å². The first kappa shape index (κ1) is 17.3. The summed E-state index contributed by atoms with van der Waals surface area (Å²) in [5, 5.41) is 16.5. The van der Waals surface area contributed by atoms with Crippen molar-refractivity contribution in [2.24, 2.45) is 4.99 Å². The fourth-order valence-electron chi connectivity index (χ4n) is 2.00. The van der Waals surface area contributed by atoms with Gasteiger partial charge >= 0.3 is 0 Å². The van der Waals surface area contributed by atoms with Crippen LogP contribution in [0.2, 0.25) is 0 Å². The molecule has 24 heavy (non-hydrogen) atoms. The molecule has 6 nitrogen and oxygen atoms in total. The number of non-ortho nitro benzene ring substituents is 1. The van der Waals surface area contributed by atoms with Crippen molar-refractivity contribution in [2.75, 3.05) is 7.05 Å². The molecular weight excluding hydrogens is 318 g/mol. The van der Waals surface area contributed by atoms with E-state index in [1.165, 1.54) is 12.1 Å². The quantitative estimate of drug-likeness (QED) is 0.381. The minimum absolute atomic E-state index is 0.0165. The lowest BCUT2D eigenvalue weighted by molar-refractivity contribution is -0.384. The highest BCUT2D eigenvalue weighted by Gasteiger charge is 2.06. The molecular formula is C16H16F2N4O2. The Morgan fingerprint density at radius 2 is 1.79 bits per heavy atom. The highest BCUT2D eigenvalue weighted by atomic mass is 19.1. The molecule has 0 aliphatic heterocycles. The molecule has 0 atom stereocenters. The molecule has 126 valence electrons. The molecule has 2 rings (SSSR count). The van der Waals surface area contributed by atoms with Crippen molar-refractivity contribution in [3.05, 3.63) is 75.3 Å². The molecule has 0 aliphatic rings. The molecule has 0 amide bonds. The van der Waals surface area contributed by atoms with Crippen molar-refractivity contribution in [1.29, 1.82) is 0 Å². The van der Waals surface area contributed by atoms with Gasteiger partial charge in [0, 0.05) is 37.8 Å². The first-order chi connectivity index (χ1) is 11.5. The molecule has 2 aromatic rings. The van der Waals surface area contributed by atoms with Gasteiger partial charge in [-0.3, -0.25) is 15.1 Å². The lowest BCUT2D eigenvalue weighted by Gasteiger charge is -2.12. The van der Waals surface area contributed by atoms with Gasteiger partial charge in [0.15, 0.2) is 5.96 Å². The highest BCUT2D eigenvalue weighted by molar-refractivity contribution is 5.79. The normalized spacial score (nSPS) is 11.2. The topological polar surface area (TPSA) is 79.6 Å². The van der Waals surface area contributed by atoms with Gasteiger partial charge in [-0.05, 0) is 23.8 Å². The van der Waals surface area contributed by atoms with Gasteiger partial charge in [0.25, 0.3) is 5.69 Å². The van der Waals surface area contributed by atoms with Crippen molar-refractivity contribution < 1.29 is 13.7 Å². The average molecular weight is 334 g/mol. The van der Waals surface area contributed by atoms with Crippen molar-refractivity contribution in [3.63, 3.8) is 0 Å². The van der Waals surface area contributed by atoms with Gasteiger partial charge in [-0.2, -0.15) is 0 Å². The molecule has 8 heteroatoms. The van der Waals surface area contributed by atoms with E-state index >= 15 is 0 Å². The predicted molar refractivity (Wildman–Crippen MR) is 86.5 cm³/mol. The number of nitro benzene ring substituents is 1. The molecule has 0 heterocycles. The van der Waals surface area contributed by atoms with Crippen LogP contribution in [0.4, 0.5) is 14.5 Å². The number of hydrogen-bond donors (Lipinski definition) is 2. The Morgan fingerprint density at radius 1 is 1.12 bits per heavy atom. The number of benzene rings is 2. The number of nitrogens with one attached hydrogen (secondary N) is 2. The Morgan fingerprint density at radius 3 is 2.42 bits per heavy atom. The predicted octanol–water partition coefficient (Wildman–Crippen LogP) is 2.74. The molecule has 0 bridgehead atoms. The second-order valence-corrected chi connectivity index (χ2v) is 4.94. The third kappa shape index (κ3) is 4.73. The van der Waals surface area contributed by atoms with E-state index in [0.29, 0.717) is 12.5 Å². The van der Waals surface area contributed by atoms with Crippen molar-refractivity contribution in [3.8, 4) is 0 Å². The minimum atomic E-state index is -0.512. The zero-order chi connectivity index (χ0) is 17.5. The zero-order valence-electron chi connectivity index (χ0n) is 12.9. The third-order valence-electron chi connectivity index (χ3n) is 3.28. The summed E-state index contributed by atoms with van der Waals surface area (Å²) in [4.78, 5) is 14.1. The summed E-state index contributed by atoms with van der Waals surface area (Å²) < 4.78 is 26.7. The lowest BCUT2D eigenvalue weighted by atomic mass is 10.2. The van der Waals surface area contributed by atoms with Gasteiger partial charge < -0.3 is 10.6 Å². The molecule has 0 radical (unpaired) electrons. The maximum Gasteiger partial charge on any atom is 0.269 e.